The fourth-order valence-electron chi connectivity index (χ4n) is 3.14. The molecule has 0 radical (unpaired) electrons. The summed E-state index contributed by atoms with van der Waals surface area (Å²) in [5.41, 5.74) is 6.22. The zero-order valence-electron chi connectivity index (χ0n) is 15.9. The lowest BCUT2D eigenvalue weighted by molar-refractivity contribution is -0.115. The van der Waals surface area contributed by atoms with E-state index in [1.165, 1.54) is 15.8 Å². The van der Waals surface area contributed by atoms with Crippen LogP contribution in [0.1, 0.15) is 39.3 Å². The normalized spacial score (nSPS) is 16.8. The molecule has 1 aromatic carbocycles. The van der Waals surface area contributed by atoms with Gasteiger partial charge in [0.25, 0.3) is 0 Å². The summed E-state index contributed by atoms with van der Waals surface area (Å²) in [4.78, 5) is 26.5. The van der Waals surface area contributed by atoms with Gasteiger partial charge in [0.1, 0.15) is 17.5 Å². The first-order valence-electron chi connectivity index (χ1n) is 8.53. The number of hydrogen-bond acceptors (Lipinski definition) is 4. The molecule has 0 bridgehead atoms. The van der Waals surface area contributed by atoms with Gasteiger partial charge in [-0.15, -0.1) is 0 Å². The van der Waals surface area contributed by atoms with E-state index in [9.17, 15) is 9.59 Å². The first kappa shape index (κ1) is 20.2. The molecule has 2 heterocycles. The van der Waals surface area contributed by atoms with Gasteiger partial charge in [0.15, 0.2) is 0 Å². The maximum atomic E-state index is 12.8. The fraction of sp³-hybridized carbons (Fsp3) is 0.316. The Morgan fingerprint density at radius 2 is 1.86 bits per heavy atom. The minimum absolute atomic E-state index is 0.209. The Bertz CT molecular complexity index is 991. The van der Waals surface area contributed by atoms with Crippen LogP contribution >= 0.6 is 23.2 Å². The molecule has 2 N–H and O–H groups in total. The molecular formula is C19H20Cl2N4O3. The summed E-state index contributed by atoms with van der Waals surface area (Å²) in [5, 5.41) is 5.04. The number of nitrogens with two attached hydrogens (primary N) is 1. The van der Waals surface area contributed by atoms with Gasteiger partial charge in [-0.05, 0) is 45.4 Å². The van der Waals surface area contributed by atoms with Gasteiger partial charge in [-0.25, -0.2) is 14.4 Å². The first-order valence-corrected chi connectivity index (χ1v) is 9.29. The van der Waals surface area contributed by atoms with Gasteiger partial charge < -0.3 is 10.5 Å². The number of hydrogen-bond donors (Lipinski definition) is 1. The molecule has 1 atom stereocenters. The van der Waals surface area contributed by atoms with Crippen molar-refractivity contribution < 1.29 is 14.3 Å². The van der Waals surface area contributed by atoms with Crippen LogP contribution in [0.15, 0.2) is 41.7 Å². The predicted octanol–water partition coefficient (Wildman–Crippen LogP) is 4.29. The molecule has 148 valence electrons. The van der Waals surface area contributed by atoms with E-state index in [0.717, 1.165) is 0 Å². The Hall–Kier alpha value is -2.51. The molecule has 1 aliphatic heterocycles. The Labute approximate surface area is 172 Å². The standard InChI is InChI=1S/C19H20Cl2N4O3/c1-10-15(17(22)26)16(11-5-6-12(20)13(21)9-11)25-14(7-8-23-25)24(10)18(27)28-19(2,3)4/h5-9,16H,1-4H3,(H2,22,26)/t16-/m1/s1. The lowest BCUT2D eigenvalue weighted by Crippen LogP contribution is -2.43. The number of halogens is 2. The smallest absolute Gasteiger partial charge is 0.420 e. The van der Waals surface area contributed by atoms with Gasteiger partial charge in [0.2, 0.25) is 5.91 Å². The van der Waals surface area contributed by atoms with E-state index in [1.54, 1.807) is 52.0 Å². The summed E-state index contributed by atoms with van der Waals surface area (Å²) >= 11 is 12.2. The van der Waals surface area contributed by atoms with Crippen molar-refractivity contribution in [2.75, 3.05) is 4.90 Å². The summed E-state index contributed by atoms with van der Waals surface area (Å²) < 4.78 is 7.04. The number of allylic oxidation sites excluding steroid dienone is 1. The van der Waals surface area contributed by atoms with Crippen molar-refractivity contribution in [3.63, 3.8) is 0 Å². The van der Waals surface area contributed by atoms with Crippen molar-refractivity contribution in [2.45, 2.75) is 39.3 Å². The predicted molar refractivity (Wildman–Crippen MR) is 107 cm³/mol. The highest BCUT2D eigenvalue weighted by Crippen LogP contribution is 2.40. The average Bonchev–Trinajstić information content (AvgIpc) is 3.02. The van der Waals surface area contributed by atoms with Gasteiger partial charge in [0, 0.05) is 11.8 Å². The minimum atomic E-state index is -0.713. The molecule has 2 aromatic rings. The number of primary amides is 1. The van der Waals surface area contributed by atoms with Gasteiger partial charge in [-0.1, -0.05) is 29.3 Å². The van der Waals surface area contributed by atoms with Crippen LogP contribution in [0.3, 0.4) is 0 Å². The highest BCUT2D eigenvalue weighted by Gasteiger charge is 2.39. The third-order valence-electron chi connectivity index (χ3n) is 4.22. The second-order valence-corrected chi connectivity index (χ2v) is 8.20. The number of rotatable bonds is 2. The van der Waals surface area contributed by atoms with E-state index in [0.29, 0.717) is 27.1 Å². The number of amides is 2. The number of aromatic nitrogens is 2. The van der Waals surface area contributed by atoms with E-state index >= 15 is 0 Å². The van der Waals surface area contributed by atoms with Crippen molar-refractivity contribution in [1.82, 2.24) is 9.78 Å². The molecule has 1 aliphatic rings. The van der Waals surface area contributed by atoms with Gasteiger partial charge >= 0.3 is 6.09 Å². The highest BCUT2D eigenvalue weighted by molar-refractivity contribution is 6.42. The Morgan fingerprint density at radius 1 is 1.18 bits per heavy atom. The van der Waals surface area contributed by atoms with Crippen LogP contribution in [0.25, 0.3) is 0 Å². The zero-order valence-corrected chi connectivity index (χ0v) is 17.4. The number of carbonyl (C=O) groups is 2. The van der Waals surface area contributed by atoms with Gasteiger partial charge in [0.05, 0.1) is 21.8 Å². The molecule has 0 aliphatic carbocycles. The highest BCUT2D eigenvalue weighted by atomic mass is 35.5. The second-order valence-electron chi connectivity index (χ2n) is 7.39. The van der Waals surface area contributed by atoms with Crippen LogP contribution in [0.4, 0.5) is 10.6 Å². The quantitative estimate of drug-likeness (QED) is 0.780. The lowest BCUT2D eigenvalue weighted by Gasteiger charge is -2.36. The zero-order chi connectivity index (χ0) is 20.8. The molecule has 9 heteroatoms. The van der Waals surface area contributed by atoms with E-state index in [1.807, 2.05) is 0 Å². The molecule has 28 heavy (non-hydrogen) atoms. The van der Waals surface area contributed by atoms with Crippen molar-refractivity contribution in [2.24, 2.45) is 5.73 Å². The summed E-state index contributed by atoms with van der Waals surface area (Å²) in [5.74, 6) is -0.226. The molecule has 0 spiro atoms. The van der Waals surface area contributed by atoms with E-state index in [4.69, 9.17) is 33.7 Å². The third kappa shape index (κ3) is 3.59. The minimum Gasteiger partial charge on any atom is -0.443 e. The number of carbonyl (C=O) groups excluding carboxylic acids is 2. The van der Waals surface area contributed by atoms with Crippen LogP contribution in [0.5, 0.6) is 0 Å². The molecule has 3 rings (SSSR count). The van der Waals surface area contributed by atoms with Crippen LogP contribution in [0, 0.1) is 0 Å². The van der Waals surface area contributed by atoms with Gasteiger partial charge in [-0.2, -0.15) is 5.10 Å². The number of benzene rings is 1. The van der Waals surface area contributed by atoms with Crippen LogP contribution in [-0.4, -0.2) is 27.4 Å². The number of nitrogens with zero attached hydrogens (tertiary/aromatic N) is 3. The third-order valence-corrected chi connectivity index (χ3v) is 4.96. The van der Waals surface area contributed by atoms with Crippen molar-refractivity contribution in [1.29, 1.82) is 0 Å². The maximum absolute atomic E-state index is 12.8. The Balaban J connectivity index is 2.20. The van der Waals surface area contributed by atoms with Crippen LogP contribution in [0.2, 0.25) is 10.0 Å². The monoisotopic (exact) mass is 422 g/mol. The summed E-state index contributed by atoms with van der Waals surface area (Å²) in [6, 6.07) is 6.03. The van der Waals surface area contributed by atoms with Crippen LogP contribution in [-0.2, 0) is 9.53 Å². The molecule has 0 fully saturated rings. The van der Waals surface area contributed by atoms with Crippen molar-refractivity contribution >= 4 is 41.0 Å². The van der Waals surface area contributed by atoms with Crippen LogP contribution < -0.4 is 10.6 Å². The van der Waals surface area contributed by atoms with E-state index in [2.05, 4.69) is 5.10 Å². The lowest BCUT2D eigenvalue weighted by atomic mass is 9.94. The van der Waals surface area contributed by atoms with E-state index < -0.39 is 23.6 Å². The molecular weight excluding hydrogens is 403 g/mol. The maximum Gasteiger partial charge on any atom is 0.420 e. The number of fused-ring (bicyclic) bond motifs is 1. The number of anilines is 1. The fourth-order valence-corrected chi connectivity index (χ4v) is 3.44. The molecule has 7 nitrogen and oxygen atoms in total. The summed E-state index contributed by atoms with van der Waals surface area (Å²) in [6.45, 7) is 6.93. The number of ether oxygens (including phenoxy) is 1. The SMILES string of the molecule is CC1=C(C(N)=O)[C@@H](c2ccc(Cl)c(Cl)c2)n2nccc2N1C(=O)OC(C)(C)C. The summed E-state index contributed by atoms with van der Waals surface area (Å²) in [7, 11) is 0. The van der Waals surface area contributed by atoms with Gasteiger partial charge in [-0.3, -0.25) is 4.79 Å². The Morgan fingerprint density at radius 3 is 2.43 bits per heavy atom. The first-order chi connectivity index (χ1) is 13.0. The molecule has 0 unspecified atom stereocenters. The average molecular weight is 423 g/mol. The van der Waals surface area contributed by atoms with Crippen molar-refractivity contribution in [3.05, 3.63) is 57.3 Å². The molecule has 0 saturated carbocycles. The molecule has 2 amide bonds. The second kappa shape index (κ2) is 7.14. The summed E-state index contributed by atoms with van der Waals surface area (Å²) in [6.07, 6.45) is 0.909. The largest absolute Gasteiger partial charge is 0.443 e. The Kier molecular flexibility index (Phi) is 5.16. The molecule has 1 aromatic heterocycles. The topological polar surface area (TPSA) is 90.5 Å². The molecule has 0 saturated heterocycles. The van der Waals surface area contributed by atoms with Crippen molar-refractivity contribution in [3.8, 4) is 0 Å². The van der Waals surface area contributed by atoms with E-state index in [-0.39, 0.29) is 5.57 Å².